The third-order valence-corrected chi connectivity index (χ3v) is 4.39. The molecule has 0 saturated heterocycles. The lowest BCUT2D eigenvalue weighted by molar-refractivity contribution is 0.971. The number of nitrogens with zero attached hydrogens (tertiary/aromatic N) is 2. The highest BCUT2D eigenvalue weighted by Gasteiger charge is 2.13. The van der Waals surface area contributed by atoms with Crippen LogP contribution in [0.15, 0.2) is 39.7 Å². The number of fused-ring (bicyclic) bond motifs is 1. The maximum absolute atomic E-state index is 12.0. The van der Waals surface area contributed by atoms with Crippen molar-refractivity contribution < 1.29 is 0 Å². The molecule has 2 aromatic heterocycles. The van der Waals surface area contributed by atoms with E-state index in [1.807, 2.05) is 25.1 Å². The Bertz CT molecular complexity index is 892. The number of hydrogen-bond donors (Lipinski definition) is 1. The van der Waals surface area contributed by atoms with Gasteiger partial charge in [0.25, 0.3) is 5.56 Å². The number of aromatic nitrogens is 3. The second kappa shape index (κ2) is 5.58. The Kier molecular flexibility index (Phi) is 3.78. The van der Waals surface area contributed by atoms with Crippen molar-refractivity contribution in [1.29, 1.82) is 0 Å². The fraction of sp³-hybridized carbons (Fsp3) is 0.133. The van der Waals surface area contributed by atoms with E-state index in [1.165, 1.54) is 0 Å². The molecule has 2 heterocycles. The number of halogens is 2. The molecule has 0 saturated carbocycles. The lowest BCUT2D eigenvalue weighted by Crippen LogP contribution is -2.13. The molecule has 21 heavy (non-hydrogen) atoms. The summed E-state index contributed by atoms with van der Waals surface area (Å²) in [5.74, 6) is 0.500. The molecule has 4 nitrogen and oxygen atoms in total. The molecule has 6 heteroatoms. The van der Waals surface area contributed by atoms with Gasteiger partial charge in [-0.05, 0) is 46.6 Å². The highest BCUT2D eigenvalue weighted by atomic mass is 79.9. The molecule has 0 unspecified atom stereocenters. The molecule has 0 aliphatic rings. The summed E-state index contributed by atoms with van der Waals surface area (Å²) in [6.45, 7) is 1.95. The molecule has 3 aromatic rings. The van der Waals surface area contributed by atoms with Gasteiger partial charge in [0.1, 0.15) is 10.3 Å². The van der Waals surface area contributed by atoms with E-state index < -0.39 is 0 Å². The highest BCUT2D eigenvalue weighted by Crippen LogP contribution is 2.30. The number of aromatic amines is 1. The average molecular weight is 365 g/mol. The van der Waals surface area contributed by atoms with Gasteiger partial charge >= 0.3 is 0 Å². The van der Waals surface area contributed by atoms with Gasteiger partial charge in [-0.1, -0.05) is 18.5 Å². The third-order valence-electron chi connectivity index (χ3n) is 3.24. The van der Waals surface area contributed by atoms with Crippen molar-refractivity contribution in [2.75, 3.05) is 0 Å². The van der Waals surface area contributed by atoms with Crippen molar-refractivity contribution in [3.05, 3.63) is 56.0 Å². The third kappa shape index (κ3) is 2.47. The SMILES string of the molecule is CCc1nc(-c2ccc(Cl)c3cccnc23)[nH]c(=O)c1Br. The zero-order valence-electron chi connectivity index (χ0n) is 11.2. The number of aryl methyl sites for hydroxylation is 1. The molecule has 0 atom stereocenters. The van der Waals surface area contributed by atoms with E-state index in [1.54, 1.807) is 12.3 Å². The second-order valence-electron chi connectivity index (χ2n) is 4.52. The Hall–Kier alpha value is -1.72. The minimum atomic E-state index is -0.198. The number of pyridine rings is 1. The van der Waals surface area contributed by atoms with Crippen LogP contribution in [-0.2, 0) is 6.42 Å². The summed E-state index contributed by atoms with van der Waals surface area (Å²) in [5.41, 5.74) is 2.00. The molecule has 1 N–H and O–H groups in total. The number of benzene rings is 1. The molecule has 0 radical (unpaired) electrons. The van der Waals surface area contributed by atoms with Crippen LogP contribution in [0, 0.1) is 0 Å². The van der Waals surface area contributed by atoms with E-state index in [0.717, 1.165) is 16.5 Å². The molecule has 0 spiro atoms. The van der Waals surface area contributed by atoms with Gasteiger partial charge in [0, 0.05) is 17.1 Å². The molecule has 0 amide bonds. The topological polar surface area (TPSA) is 58.6 Å². The lowest BCUT2D eigenvalue weighted by atomic mass is 10.1. The zero-order chi connectivity index (χ0) is 15.0. The molecule has 1 aromatic carbocycles. The number of hydrogen-bond acceptors (Lipinski definition) is 3. The zero-order valence-corrected chi connectivity index (χ0v) is 13.5. The van der Waals surface area contributed by atoms with Crippen LogP contribution >= 0.6 is 27.5 Å². The first-order valence-electron chi connectivity index (χ1n) is 6.44. The predicted octanol–water partition coefficient (Wildman–Crippen LogP) is 3.96. The van der Waals surface area contributed by atoms with Gasteiger partial charge in [-0.25, -0.2) is 4.98 Å². The van der Waals surface area contributed by atoms with E-state index in [0.29, 0.717) is 27.4 Å². The van der Waals surface area contributed by atoms with Gasteiger partial charge in [-0.2, -0.15) is 0 Å². The summed E-state index contributed by atoms with van der Waals surface area (Å²) in [5, 5.41) is 1.46. The van der Waals surface area contributed by atoms with Gasteiger partial charge < -0.3 is 4.98 Å². The Morgan fingerprint density at radius 3 is 2.90 bits per heavy atom. The monoisotopic (exact) mass is 363 g/mol. The van der Waals surface area contributed by atoms with Gasteiger partial charge in [-0.3, -0.25) is 9.78 Å². The van der Waals surface area contributed by atoms with Gasteiger partial charge in [0.15, 0.2) is 0 Å². The van der Waals surface area contributed by atoms with Crippen molar-refractivity contribution in [1.82, 2.24) is 15.0 Å². The van der Waals surface area contributed by atoms with Crippen molar-refractivity contribution in [2.45, 2.75) is 13.3 Å². The van der Waals surface area contributed by atoms with Crippen LogP contribution in [-0.4, -0.2) is 15.0 Å². The summed E-state index contributed by atoms with van der Waals surface area (Å²) in [4.78, 5) is 23.7. The summed E-state index contributed by atoms with van der Waals surface area (Å²) in [6, 6.07) is 7.33. The average Bonchev–Trinajstić information content (AvgIpc) is 2.51. The molecule has 0 aliphatic carbocycles. The van der Waals surface area contributed by atoms with Crippen LogP contribution in [0.2, 0.25) is 5.02 Å². The first-order chi connectivity index (χ1) is 10.1. The summed E-state index contributed by atoms with van der Waals surface area (Å²) < 4.78 is 0.472. The Balaban J connectivity index is 2.34. The van der Waals surface area contributed by atoms with Crippen LogP contribution in [0.4, 0.5) is 0 Å². The van der Waals surface area contributed by atoms with E-state index in [4.69, 9.17) is 11.6 Å². The minimum Gasteiger partial charge on any atom is -0.305 e. The van der Waals surface area contributed by atoms with Crippen LogP contribution in [0.3, 0.4) is 0 Å². The first kappa shape index (κ1) is 14.2. The van der Waals surface area contributed by atoms with Crippen LogP contribution in [0.1, 0.15) is 12.6 Å². The summed E-state index contributed by atoms with van der Waals surface area (Å²) in [6.07, 6.45) is 2.36. The van der Waals surface area contributed by atoms with Crippen LogP contribution in [0.25, 0.3) is 22.3 Å². The molecular weight excluding hydrogens is 354 g/mol. The fourth-order valence-corrected chi connectivity index (χ4v) is 2.88. The minimum absolute atomic E-state index is 0.198. The Morgan fingerprint density at radius 2 is 2.14 bits per heavy atom. The van der Waals surface area contributed by atoms with E-state index in [9.17, 15) is 4.79 Å². The largest absolute Gasteiger partial charge is 0.305 e. The van der Waals surface area contributed by atoms with Crippen LogP contribution < -0.4 is 5.56 Å². The standard InChI is InChI=1S/C15H11BrClN3O/c1-2-11-12(16)15(21)20-14(19-11)9-5-6-10(17)8-4-3-7-18-13(8)9/h3-7H,2H2,1H3,(H,19,20,21). The fourth-order valence-electron chi connectivity index (χ4n) is 2.20. The summed E-state index contributed by atoms with van der Waals surface area (Å²) in [7, 11) is 0. The number of nitrogens with one attached hydrogen (secondary N) is 1. The number of H-pyrrole nitrogens is 1. The molecular formula is C15H11BrClN3O. The molecule has 106 valence electrons. The maximum atomic E-state index is 12.0. The Labute approximate surface area is 134 Å². The van der Waals surface area contributed by atoms with Crippen molar-refractivity contribution in [3.63, 3.8) is 0 Å². The van der Waals surface area contributed by atoms with Crippen LogP contribution in [0.5, 0.6) is 0 Å². The Morgan fingerprint density at radius 1 is 1.33 bits per heavy atom. The predicted molar refractivity (Wildman–Crippen MR) is 87.7 cm³/mol. The number of rotatable bonds is 2. The second-order valence-corrected chi connectivity index (χ2v) is 5.72. The highest BCUT2D eigenvalue weighted by molar-refractivity contribution is 9.10. The van der Waals surface area contributed by atoms with Crippen molar-refractivity contribution in [2.24, 2.45) is 0 Å². The smallest absolute Gasteiger partial charge is 0.265 e. The molecule has 3 rings (SSSR count). The maximum Gasteiger partial charge on any atom is 0.265 e. The molecule has 0 bridgehead atoms. The summed E-state index contributed by atoms with van der Waals surface area (Å²) >= 11 is 9.46. The lowest BCUT2D eigenvalue weighted by Gasteiger charge is -2.08. The van der Waals surface area contributed by atoms with Gasteiger partial charge in [0.05, 0.1) is 16.2 Å². The van der Waals surface area contributed by atoms with Crippen molar-refractivity contribution >= 4 is 38.4 Å². The van der Waals surface area contributed by atoms with Crippen molar-refractivity contribution in [3.8, 4) is 11.4 Å². The molecule has 0 aliphatic heterocycles. The van der Waals surface area contributed by atoms with E-state index in [-0.39, 0.29) is 5.56 Å². The van der Waals surface area contributed by atoms with Gasteiger partial charge in [0.2, 0.25) is 0 Å². The van der Waals surface area contributed by atoms with E-state index in [2.05, 4.69) is 30.9 Å². The molecule has 0 fully saturated rings. The normalized spacial score (nSPS) is 11.0. The quantitative estimate of drug-likeness (QED) is 0.748. The van der Waals surface area contributed by atoms with Gasteiger partial charge in [-0.15, -0.1) is 0 Å². The van der Waals surface area contributed by atoms with E-state index >= 15 is 0 Å². The first-order valence-corrected chi connectivity index (χ1v) is 7.61.